The van der Waals surface area contributed by atoms with Gasteiger partial charge in [0.15, 0.2) is 5.78 Å². The number of piperidine rings is 1. The zero-order valence-corrected chi connectivity index (χ0v) is 12.8. The van der Waals surface area contributed by atoms with E-state index in [0.29, 0.717) is 44.6 Å². The normalized spacial score (nSPS) is 17.7. The number of likely N-dealkylation sites (tertiary alicyclic amines) is 1. The Morgan fingerprint density at radius 1 is 1.23 bits per heavy atom. The van der Waals surface area contributed by atoms with E-state index in [9.17, 15) is 18.0 Å². The van der Waals surface area contributed by atoms with Gasteiger partial charge in [-0.1, -0.05) is 0 Å². The summed E-state index contributed by atoms with van der Waals surface area (Å²) in [5.41, 5.74) is 5.01. The van der Waals surface area contributed by atoms with Crippen LogP contribution >= 0.6 is 0 Å². The van der Waals surface area contributed by atoms with Crippen LogP contribution in [0.2, 0.25) is 0 Å². The van der Waals surface area contributed by atoms with Gasteiger partial charge in [-0.05, 0) is 39.8 Å². The number of carbonyl (C=O) groups excluding carboxylic acids is 1. The molecule has 3 nitrogen and oxygen atoms in total. The Morgan fingerprint density at radius 2 is 1.73 bits per heavy atom. The number of hydrogen-bond acceptors (Lipinski definition) is 3. The van der Waals surface area contributed by atoms with E-state index in [1.54, 1.807) is 0 Å². The van der Waals surface area contributed by atoms with E-state index in [2.05, 4.69) is 4.90 Å². The second-order valence-electron chi connectivity index (χ2n) is 6.65. The third-order valence-electron chi connectivity index (χ3n) is 3.84. The molecule has 2 N–H and O–H groups in total. The van der Waals surface area contributed by atoms with Crippen molar-refractivity contribution in [1.29, 1.82) is 0 Å². The van der Waals surface area contributed by atoms with Crippen molar-refractivity contribution >= 4 is 5.78 Å². The minimum absolute atomic E-state index is 0.327. The van der Waals surface area contributed by atoms with Crippen LogP contribution in [-0.4, -0.2) is 35.9 Å². The van der Waals surface area contributed by atoms with Gasteiger partial charge in [0.25, 0.3) is 0 Å². The summed E-state index contributed by atoms with van der Waals surface area (Å²) in [5, 5.41) is 0. The largest absolute Gasteiger partial charge is 0.324 e. The summed E-state index contributed by atoms with van der Waals surface area (Å²) >= 11 is 0. The molecule has 1 aromatic carbocycles. The molecule has 0 saturated carbocycles. The zero-order valence-electron chi connectivity index (χ0n) is 12.8. The maximum atomic E-state index is 13.7. The highest BCUT2D eigenvalue weighted by Gasteiger charge is 2.30. The van der Waals surface area contributed by atoms with Gasteiger partial charge in [-0.3, -0.25) is 4.79 Å². The van der Waals surface area contributed by atoms with E-state index in [0.717, 1.165) is 0 Å². The molecule has 22 heavy (non-hydrogen) atoms. The van der Waals surface area contributed by atoms with Gasteiger partial charge in [0.2, 0.25) is 0 Å². The molecule has 0 aromatic heterocycles. The van der Waals surface area contributed by atoms with E-state index >= 15 is 0 Å². The number of rotatable bonds is 4. The Balaban J connectivity index is 2.04. The molecule has 6 heteroatoms. The Bertz CT molecular complexity index is 538. The lowest BCUT2D eigenvalue weighted by Crippen LogP contribution is -2.48. The molecule has 0 unspecified atom stereocenters. The molecule has 0 atom stereocenters. The fourth-order valence-electron chi connectivity index (χ4n) is 2.91. The molecule has 1 saturated heterocycles. The van der Waals surface area contributed by atoms with Crippen molar-refractivity contribution in [2.24, 2.45) is 11.7 Å². The molecule has 0 spiro atoms. The van der Waals surface area contributed by atoms with Crippen molar-refractivity contribution in [2.45, 2.75) is 32.2 Å². The maximum Gasteiger partial charge on any atom is 0.171 e. The van der Waals surface area contributed by atoms with E-state index in [4.69, 9.17) is 5.73 Å². The van der Waals surface area contributed by atoms with Crippen LogP contribution in [0.1, 0.15) is 37.0 Å². The van der Waals surface area contributed by atoms with Crippen LogP contribution in [0.5, 0.6) is 0 Å². The van der Waals surface area contributed by atoms with Crippen LogP contribution in [0.3, 0.4) is 0 Å². The lowest BCUT2D eigenvalue weighted by Gasteiger charge is -2.35. The lowest BCUT2D eigenvalue weighted by atomic mass is 9.88. The number of nitrogens with zero attached hydrogens (tertiary/aromatic N) is 1. The predicted molar refractivity (Wildman–Crippen MR) is 78.1 cm³/mol. The van der Waals surface area contributed by atoms with Crippen molar-refractivity contribution in [3.63, 3.8) is 0 Å². The molecule has 0 aliphatic carbocycles. The van der Waals surface area contributed by atoms with E-state index in [-0.39, 0.29) is 5.54 Å². The summed E-state index contributed by atoms with van der Waals surface area (Å²) < 4.78 is 40.3. The number of carbonyl (C=O) groups is 1. The smallest absolute Gasteiger partial charge is 0.171 e. The fraction of sp³-hybridized carbons (Fsp3) is 0.562. The zero-order chi connectivity index (χ0) is 16.5. The Morgan fingerprint density at radius 3 is 2.18 bits per heavy atom. The first-order valence-electron chi connectivity index (χ1n) is 7.37. The first-order chi connectivity index (χ1) is 10.2. The molecule has 1 aliphatic heterocycles. The number of nitrogens with two attached hydrogens (primary N) is 1. The van der Waals surface area contributed by atoms with Crippen LogP contribution in [-0.2, 0) is 0 Å². The molecule has 1 heterocycles. The summed E-state index contributed by atoms with van der Waals surface area (Å²) in [6.07, 6.45) is 1.04. The highest BCUT2D eigenvalue weighted by molar-refractivity contribution is 5.98. The molecule has 1 aliphatic rings. The summed E-state index contributed by atoms with van der Waals surface area (Å²) in [7, 11) is 0. The molecule has 0 amide bonds. The predicted octanol–water partition coefficient (Wildman–Crippen LogP) is 2.74. The van der Waals surface area contributed by atoms with Crippen molar-refractivity contribution in [1.82, 2.24) is 4.90 Å². The fourth-order valence-corrected chi connectivity index (χ4v) is 2.91. The average molecular weight is 314 g/mol. The molecular weight excluding hydrogens is 293 g/mol. The van der Waals surface area contributed by atoms with Gasteiger partial charge in [0.05, 0.1) is 5.56 Å². The van der Waals surface area contributed by atoms with Gasteiger partial charge >= 0.3 is 0 Å². The van der Waals surface area contributed by atoms with Crippen molar-refractivity contribution in [3.8, 4) is 0 Å². The lowest BCUT2D eigenvalue weighted by molar-refractivity contribution is 0.0817. The van der Waals surface area contributed by atoms with Gasteiger partial charge in [0, 0.05) is 30.1 Å². The average Bonchev–Trinajstić information content (AvgIpc) is 2.36. The number of halogens is 3. The van der Waals surface area contributed by atoms with E-state index < -0.39 is 34.7 Å². The van der Waals surface area contributed by atoms with Crippen molar-refractivity contribution in [2.75, 3.05) is 19.6 Å². The maximum absolute atomic E-state index is 13.7. The van der Waals surface area contributed by atoms with Crippen molar-refractivity contribution in [3.05, 3.63) is 35.1 Å². The number of hydrogen-bond donors (Lipinski definition) is 1. The van der Waals surface area contributed by atoms with Crippen LogP contribution in [0.15, 0.2) is 12.1 Å². The molecular formula is C16H21F3N2O. The Labute approximate surface area is 128 Å². The summed E-state index contributed by atoms with van der Waals surface area (Å²) in [6, 6.07) is 1.09. The third kappa shape index (κ3) is 4.08. The van der Waals surface area contributed by atoms with E-state index in [1.807, 2.05) is 13.8 Å². The summed E-state index contributed by atoms with van der Waals surface area (Å²) in [4.78, 5) is 14.4. The highest BCUT2D eigenvalue weighted by Crippen LogP contribution is 2.25. The standard InChI is InChI=1S/C16H21F3N2O/c1-16(2,20)9-21-5-3-10(4-6-21)15(22)14-12(18)7-11(17)8-13(14)19/h7-8,10H,3-6,9,20H2,1-2H3. The highest BCUT2D eigenvalue weighted by atomic mass is 19.1. The van der Waals surface area contributed by atoms with Crippen LogP contribution in [0, 0.1) is 23.4 Å². The second-order valence-corrected chi connectivity index (χ2v) is 6.65. The van der Waals surface area contributed by atoms with Crippen LogP contribution in [0.25, 0.3) is 0 Å². The van der Waals surface area contributed by atoms with Crippen molar-refractivity contribution < 1.29 is 18.0 Å². The summed E-state index contributed by atoms with van der Waals surface area (Å²) in [6.45, 7) is 5.86. The van der Waals surface area contributed by atoms with Gasteiger partial charge < -0.3 is 10.6 Å². The van der Waals surface area contributed by atoms with Gasteiger partial charge in [-0.15, -0.1) is 0 Å². The minimum Gasteiger partial charge on any atom is -0.324 e. The number of ketones is 1. The monoisotopic (exact) mass is 314 g/mol. The first kappa shape index (κ1) is 17.0. The molecule has 1 fully saturated rings. The molecule has 0 radical (unpaired) electrons. The van der Waals surface area contributed by atoms with Gasteiger partial charge in [-0.25, -0.2) is 13.2 Å². The minimum atomic E-state index is -1.13. The molecule has 0 bridgehead atoms. The van der Waals surface area contributed by atoms with Crippen LogP contribution in [0.4, 0.5) is 13.2 Å². The SMILES string of the molecule is CC(C)(N)CN1CCC(C(=O)c2c(F)cc(F)cc2F)CC1. The van der Waals surface area contributed by atoms with E-state index in [1.165, 1.54) is 0 Å². The second kappa shape index (κ2) is 6.38. The Kier molecular flexibility index (Phi) is 4.92. The van der Waals surface area contributed by atoms with Crippen LogP contribution < -0.4 is 5.73 Å². The quantitative estimate of drug-likeness (QED) is 0.869. The van der Waals surface area contributed by atoms with Gasteiger partial charge in [0.1, 0.15) is 17.5 Å². The van der Waals surface area contributed by atoms with Gasteiger partial charge in [-0.2, -0.15) is 0 Å². The molecule has 122 valence electrons. The number of Topliss-reactive ketones (excluding diaryl/α,β-unsaturated/α-hetero) is 1. The Hall–Kier alpha value is -1.40. The molecule has 2 rings (SSSR count). The summed E-state index contributed by atoms with van der Waals surface area (Å²) in [5.74, 6) is -4.30. The third-order valence-corrected chi connectivity index (χ3v) is 3.84. The molecule has 1 aromatic rings. The number of benzene rings is 1. The first-order valence-corrected chi connectivity index (χ1v) is 7.37. The topological polar surface area (TPSA) is 46.3 Å².